The van der Waals surface area contributed by atoms with Crippen LogP contribution in [-0.4, -0.2) is 5.91 Å². The van der Waals surface area contributed by atoms with E-state index in [1.807, 2.05) is 18.2 Å². The summed E-state index contributed by atoms with van der Waals surface area (Å²) in [7, 11) is 0. The molecule has 0 aliphatic carbocycles. The first-order valence-corrected chi connectivity index (χ1v) is 5.58. The average molecular weight is 322 g/mol. The molecule has 0 saturated carbocycles. The predicted octanol–water partition coefficient (Wildman–Crippen LogP) is 2.09. The highest BCUT2D eigenvalue weighted by atomic mass is 79.9. The van der Waals surface area contributed by atoms with Gasteiger partial charge in [-0.2, -0.15) is 0 Å². The molecule has 0 saturated heterocycles. The normalized spacial score (nSPS) is 12.5. The number of halogens is 2. The second kappa shape index (κ2) is 4.91. The lowest BCUT2D eigenvalue weighted by molar-refractivity contribution is -0.118. The quantitative estimate of drug-likeness (QED) is 0.895. The van der Waals surface area contributed by atoms with Crippen LogP contribution < -0.4 is 11.5 Å². The van der Waals surface area contributed by atoms with Gasteiger partial charge in [0.1, 0.15) is 0 Å². The number of benzene rings is 1. The number of carbonyl (C=O) groups excluding carboxylic acids is 1. The Balaban J connectivity index is 2.85. The molecule has 0 aromatic heterocycles. The first kappa shape index (κ1) is 11.7. The topological polar surface area (TPSA) is 69.1 Å². The van der Waals surface area contributed by atoms with E-state index in [0.29, 0.717) is 0 Å². The summed E-state index contributed by atoms with van der Waals surface area (Å²) in [5.74, 6) is -0.392. The Labute approximate surface area is 99.1 Å². The lowest BCUT2D eigenvalue weighted by Crippen LogP contribution is -2.20. The molecule has 14 heavy (non-hydrogen) atoms. The molecule has 0 unspecified atom stereocenters. The van der Waals surface area contributed by atoms with Gasteiger partial charge in [-0.15, -0.1) is 0 Å². The van der Waals surface area contributed by atoms with Crippen LogP contribution in [0.25, 0.3) is 0 Å². The summed E-state index contributed by atoms with van der Waals surface area (Å²) < 4.78 is 1.86. The van der Waals surface area contributed by atoms with E-state index in [-0.39, 0.29) is 12.5 Å². The van der Waals surface area contributed by atoms with Gasteiger partial charge in [0, 0.05) is 21.4 Å². The van der Waals surface area contributed by atoms with Gasteiger partial charge in [0.15, 0.2) is 0 Å². The summed E-state index contributed by atoms with van der Waals surface area (Å²) in [6.45, 7) is 0. The molecule has 0 spiro atoms. The van der Waals surface area contributed by atoms with E-state index in [4.69, 9.17) is 11.5 Å². The number of rotatable bonds is 3. The minimum absolute atomic E-state index is 0.161. The minimum Gasteiger partial charge on any atom is -0.370 e. The molecule has 4 N–H and O–H groups in total. The van der Waals surface area contributed by atoms with Crippen LogP contribution >= 0.6 is 31.9 Å². The van der Waals surface area contributed by atoms with Gasteiger partial charge in [0.25, 0.3) is 0 Å². The van der Waals surface area contributed by atoms with Crippen molar-refractivity contribution in [2.24, 2.45) is 11.5 Å². The maximum atomic E-state index is 10.7. The molecule has 0 radical (unpaired) electrons. The van der Waals surface area contributed by atoms with Crippen LogP contribution in [0.5, 0.6) is 0 Å². The molecule has 76 valence electrons. The van der Waals surface area contributed by atoms with Gasteiger partial charge in [0.05, 0.1) is 0 Å². The second-order valence-electron chi connectivity index (χ2n) is 2.95. The summed E-state index contributed by atoms with van der Waals surface area (Å²) in [6.07, 6.45) is 0.161. The molecule has 0 heterocycles. The van der Waals surface area contributed by atoms with Crippen molar-refractivity contribution in [2.75, 3.05) is 0 Å². The highest BCUT2D eigenvalue weighted by Crippen LogP contribution is 2.26. The molecule has 1 atom stereocenters. The maximum absolute atomic E-state index is 10.7. The molecule has 1 amide bonds. The van der Waals surface area contributed by atoms with Crippen LogP contribution in [0, 0.1) is 0 Å². The largest absolute Gasteiger partial charge is 0.370 e. The molecular formula is C9H10Br2N2O. The summed E-state index contributed by atoms with van der Waals surface area (Å²) in [6, 6.07) is 5.28. The van der Waals surface area contributed by atoms with Gasteiger partial charge in [0.2, 0.25) is 5.91 Å². The summed E-state index contributed by atoms with van der Waals surface area (Å²) >= 11 is 6.71. The van der Waals surface area contributed by atoms with E-state index in [9.17, 15) is 4.79 Å². The van der Waals surface area contributed by atoms with Gasteiger partial charge in [-0.05, 0) is 49.6 Å². The number of amides is 1. The second-order valence-corrected chi connectivity index (χ2v) is 4.66. The van der Waals surface area contributed by atoms with E-state index < -0.39 is 5.91 Å². The Morgan fingerprint density at radius 1 is 1.36 bits per heavy atom. The fourth-order valence-electron chi connectivity index (χ4n) is 1.08. The zero-order chi connectivity index (χ0) is 10.7. The zero-order valence-corrected chi connectivity index (χ0v) is 10.5. The van der Waals surface area contributed by atoms with E-state index in [1.54, 1.807) is 0 Å². The molecule has 1 aromatic carbocycles. The monoisotopic (exact) mass is 320 g/mol. The highest BCUT2D eigenvalue weighted by Gasteiger charge is 2.10. The smallest absolute Gasteiger partial charge is 0.219 e. The van der Waals surface area contributed by atoms with Gasteiger partial charge in [-0.1, -0.05) is 6.07 Å². The molecule has 0 aliphatic heterocycles. The Morgan fingerprint density at radius 3 is 2.50 bits per heavy atom. The number of hydrogen-bond acceptors (Lipinski definition) is 2. The van der Waals surface area contributed by atoms with Gasteiger partial charge >= 0.3 is 0 Å². The molecular weight excluding hydrogens is 312 g/mol. The van der Waals surface area contributed by atoms with Crippen molar-refractivity contribution in [1.29, 1.82) is 0 Å². The zero-order valence-electron chi connectivity index (χ0n) is 7.34. The first-order chi connectivity index (χ1) is 6.50. The number of nitrogens with two attached hydrogens (primary N) is 2. The van der Waals surface area contributed by atoms with Crippen LogP contribution in [0.2, 0.25) is 0 Å². The van der Waals surface area contributed by atoms with Crippen LogP contribution in [-0.2, 0) is 4.79 Å². The van der Waals surface area contributed by atoms with E-state index in [2.05, 4.69) is 31.9 Å². The van der Waals surface area contributed by atoms with E-state index in [0.717, 1.165) is 14.5 Å². The Morgan fingerprint density at radius 2 is 2.00 bits per heavy atom. The SMILES string of the molecule is NC(=O)C[C@H](N)c1ccc(Br)c(Br)c1. The number of carbonyl (C=O) groups is 1. The fourth-order valence-corrected chi connectivity index (χ4v) is 1.72. The molecule has 5 heteroatoms. The highest BCUT2D eigenvalue weighted by molar-refractivity contribution is 9.13. The third-order valence-corrected chi connectivity index (χ3v) is 3.67. The summed E-state index contributed by atoms with van der Waals surface area (Å²) in [5.41, 5.74) is 11.7. The van der Waals surface area contributed by atoms with Gasteiger partial charge < -0.3 is 11.5 Å². The standard InChI is InChI=1S/C9H10Br2N2O/c10-6-2-1-5(3-7(6)11)8(12)4-9(13)14/h1-3,8H,4,12H2,(H2,13,14)/t8-/m0/s1. The molecule has 0 aliphatic rings. The number of hydrogen-bond donors (Lipinski definition) is 2. The number of primary amides is 1. The van der Waals surface area contributed by atoms with Crippen molar-refractivity contribution >= 4 is 37.8 Å². The Bertz CT molecular complexity index is 355. The van der Waals surface area contributed by atoms with Crippen molar-refractivity contribution in [1.82, 2.24) is 0 Å². The van der Waals surface area contributed by atoms with E-state index >= 15 is 0 Å². The molecule has 1 rings (SSSR count). The lowest BCUT2D eigenvalue weighted by Gasteiger charge is -2.10. The maximum Gasteiger partial charge on any atom is 0.219 e. The van der Waals surface area contributed by atoms with Crippen LogP contribution in [0.15, 0.2) is 27.1 Å². The van der Waals surface area contributed by atoms with Crippen LogP contribution in [0.3, 0.4) is 0 Å². The van der Waals surface area contributed by atoms with Crippen molar-refractivity contribution in [2.45, 2.75) is 12.5 Å². The average Bonchev–Trinajstić information content (AvgIpc) is 2.08. The third kappa shape index (κ3) is 3.08. The fraction of sp³-hybridized carbons (Fsp3) is 0.222. The first-order valence-electron chi connectivity index (χ1n) is 3.99. The van der Waals surface area contributed by atoms with Gasteiger partial charge in [-0.25, -0.2) is 0 Å². The lowest BCUT2D eigenvalue weighted by atomic mass is 10.1. The van der Waals surface area contributed by atoms with Crippen LogP contribution in [0.4, 0.5) is 0 Å². The molecule has 1 aromatic rings. The molecule has 0 fully saturated rings. The Hall–Kier alpha value is -0.390. The summed E-state index contributed by atoms with van der Waals surface area (Å²) in [5, 5.41) is 0. The van der Waals surface area contributed by atoms with Crippen molar-refractivity contribution in [3.8, 4) is 0 Å². The van der Waals surface area contributed by atoms with Crippen molar-refractivity contribution in [3.05, 3.63) is 32.7 Å². The van der Waals surface area contributed by atoms with Crippen molar-refractivity contribution < 1.29 is 4.79 Å². The van der Waals surface area contributed by atoms with Gasteiger partial charge in [-0.3, -0.25) is 4.79 Å². The van der Waals surface area contributed by atoms with Crippen LogP contribution in [0.1, 0.15) is 18.0 Å². The minimum atomic E-state index is -0.392. The van der Waals surface area contributed by atoms with Crippen molar-refractivity contribution in [3.63, 3.8) is 0 Å². The Kier molecular flexibility index (Phi) is 4.10. The third-order valence-electron chi connectivity index (χ3n) is 1.79. The summed E-state index contributed by atoms with van der Waals surface area (Å²) in [4.78, 5) is 10.7. The molecule has 0 bridgehead atoms. The van der Waals surface area contributed by atoms with E-state index in [1.165, 1.54) is 0 Å². The molecule has 3 nitrogen and oxygen atoms in total. The predicted molar refractivity (Wildman–Crippen MR) is 62.6 cm³/mol.